The van der Waals surface area contributed by atoms with Gasteiger partial charge < -0.3 is 10.6 Å². The molecule has 0 saturated heterocycles. The summed E-state index contributed by atoms with van der Waals surface area (Å²) in [7, 11) is 0. The van der Waals surface area contributed by atoms with E-state index in [9.17, 15) is 10.1 Å². The summed E-state index contributed by atoms with van der Waals surface area (Å²) in [4.78, 5) is 14.9. The standard InChI is InChI=1S/C13H20N4O2/c1-3-6-14-12-5-4-11(17(18)19)13(16-12)15-8-10-7-9(10)2/h4-5,9-10H,3,6-8H2,1-2H3,(H2,14,15,16). The Morgan fingerprint density at radius 1 is 1.47 bits per heavy atom. The van der Waals surface area contributed by atoms with Gasteiger partial charge in [0, 0.05) is 19.2 Å². The van der Waals surface area contributed by atoms with Gasteiger partial charge in [0.1, 0.15) is 5.82 Å². The zero-order valence-electron chi connectivity index (χ0n) is 11.3. The number of nitrogens with zero attached hydrogens (tertiary/aromatic N) is 2. The Hall–Kier alpha value is -1.85. The van der Waals surface area contributed by atoms with Gasteiger partial charge in [-0.15, -0.1) is 0 Å². The highest BCUT2D eigenvalue weighted by Crippen LogP contribution is 2.38. The van der Waals surface area contributed by atoms with Crippen LogP contribution in [0.2, 0.25) is 0 Å². The van der Waals surface area contributed by atoms with Crippen molar-refractivity contribution in [3.8, 4) is 0 Å². The van der Waals surface area contributed by atoms with Crippen LogP contribution in [0.25, 0.3) is 0 Å². The van der Waals surface area contributed by atoms with Crippen LogP contribution in [-0.2, 0) is 0 Å². The van der Waals surface area contributed by atoms with E-state index in [0.717, 1.165) is 19.5 Å². The Morgan fingerprint density at radius 3 is 2.79 bits per heavy atom. The Morgan fingerprint density at radius 2 is 2.21 bits per heavy atom. The fourth-order valence-electron chi connectivity index (χ4n) is 1.99. The van der Waals surface area contributed by atoms with E-state index in [1.54, 1.807) is 6.07 Å². The first-order chi connectivity index (χ1) is 9.11. The summed E-state index contributed by atoms with van der Waals surface area (Å²) >= 11 is 0. The molecule has 19 heavy (non-hydrogen) atoms. The normalized spacial score (nSPS) is 20.9. The lowest BCUT2D eigenvalue weighted by molar-refractivity contribution is -0.384. The Balaban J connectivity index is 2.08. The van der Waals surface area contributed by atoms with Gasteiger partial charge in [-0.2, -0.15) is 0 Å². The van der Waals surface area contributed by atoms with Crippen molar-refractivity contribution in [3.05, 3.63) is 22.2 Å². The van der Waals surface area contributed by atoms with Gasteiger partial charge >= 0.3 is 5.69 Å². The van der Waals surface area contributed by atoms with E-state index < -0.39 is 4.92 Å². The number of anilines is 2. The lowest BCUT2D eigenvalue weighted by Crippen LogP contribution is -2.10. The fraction of sp³-hybridized carbons (Fsp3) is 0.615. The van der Waals surface area contributed by atoms with E-state index in [2.05, 4.69) is 29.5 Å². The predicted octanol–water partition coefficient (Wildman–Crippen LogP) is 2.88. The van der Waals surface area contributed by atoms with E-state index in [-0.39, 0.29) is 5.69 Å². The van der Waals surface area contributed by atoms with Crippen LogP contribution in [0, 0.1) is 22.0 Å². The largest absolute Gasteiger partial charge is 0.370 e. The monoisotopic (exact) mass is 264 g/mol. The lowest BCUT2D eigenvalue weighted by atomic mass is 10.3. The number of nitro groups is 1. The molecule has 104 valence electrons. The minimum Gasteiger partial charge on any atom is -0.370 e. The molecular formula is C13H20N4O2. The molecule has 1 saturated carbocycles. The lowest BCUT2D eigenvalue weighted by Gasteiger charge is -2.09. The molecule has 2 unspecified atom stereocenters. The number of hydrogen-bond donors (Lipinski definition) is 2. The van der Waals surface area contributed by atoms with Crippen LogP contribution < -0.4 is 10.6 Å². The van der Waals surface area contributed by atoms with Crippen molar-refractivity contribution in [2.45, 2.75) is 26.7 Å². The second-order valence-electron chi connectivity index (χ2n) is 5.10. The number of rotatable bonds is 7. The minimum atomic E-state index is -0.394. The van der Waals surface area contributed by atoms with E-state index in [4.69, 9.17) is 0 Å². The highest BCUT2D eigenvalue weighted by Gasteiger charge is 2.32. The van der Waals surface area contributed by atoms with Gasteiger partial charge in [0.25, 0.3) is 0 Å². The maximum absolute atomic E-state index is 11.0. The van der Waals surface area contributed by atoms with Crippen LogP contribution >= 0.6 is 0 Å². The molecule has 0 aromatic carbocycles. The molecule has 1 heterocycles. The predicted molar refractivity (Wildman–Crippen MR) is 75.4 cm³/mol. The molecule has 1 fully saturated rings. The quantitative estimate of drug-likeness (QED) is 0.584. The smallest absolute Gasteiger partial charge is 0.311 e. The highest BCUT2D eigenvalue weighted by atomic mass is 16.6. The first kappa shape index (κ1) is 13.6. The summed E-state index contributed by atoms with van der Waals surface area (Å²) in [6.45, 7) is 5.82. The molecule has 2 rings (SSSR count). The summed E-state index contributed by atoms with van der Waals surface area (Å²) in [5.74, 6) is 2.38. The van der Waals surface area contributed by atoms with Gasteiger partial charge in [-0.05, 0) is 30.7 Å². The molecule has 1 aromatic heterocycles. The van der Waals surface area contributed by atoms with Crippen molar-refractivity contribution < 1.29 is 4.92 Å². The fourth-order valence-corrected chi connectivity index (χ4v) is 1.99. The van der Waals surface area contributed by atoms with Crippen molar-refractivity contribution in [2.75, 3.05) is 23.7 Å². The molecule has 0 aliphatic heterocycles. The summed E-state index contributed by atoms with van der Waals surface area (Å²) in [6.07, 6.45) is 2.18. The summed E-state index contributed by atoms with van der Waals surface area (Å²) in [5, 5.41) is 17.2. The minimum absolute atomic E-state index is 0.0374. The van der Waals surface area contributed by atoms with Gasteiger partial charge in [-0.1, -0.05) is 13.8 Å². The van der Waals surface area contributed by atoms with Crippen LogP contribution in [0.4, 0.5) is 17.3 Å². The molecule has 2 atom stereocenters. The molecule has 0 amide bonds. The molecule has 1 aliphatic carbocycles. The van der Waals surface area contributed by atoms with Crippen LogP contribution in [0.15, 0.2) is 12.1 Å². The van der Waals surface area contributed by atoms with Crippen molar-refractivity contribution in [2.24, 2.45) is 11.8 Å². The number of hydrogen-bond acceptors (Lipinski definition) is 5. The highest BCUT2D eigenvalue weighted by molar-refractivity contribution is 5.60. The van der Waals surface area contributed by atoms with E-state index in [1.807, 2.05) is 0 Å². The van der Waals surface area contributed by atoms with E-state index >= 15 is 0 Å². The molecule has 0 spiro atoms. The van der Waals surface area contributed by atoms with Crippen molar-refractivity contribution in [1.82, 2.24) is 4.98 Å². The van der Waals surface area contributed by atoms with Crippen molar-refractivity contribution in [1.29, 1.82) is 0 Å². The molecule has 1 aromatic rings. The maximum Gasteiger partial charge on any atom is 0.311 e. The SMILES string of the molecule is CCCNc1ccc([N+](=O)[O-])c(NCC2CC2C)n1. The first-order valence-electron chi connectivity index (χ1n) is 6.75. The first-order valence-corrected chi connectivity index (χ1v) is 6.75. The molecule has 0 radical (unpaired) electrons. The van der Waals surface area contributed by atoms with Crippen molar-refractivity contribution >= 4 is 17.3 Å². The van der Waals surface area contributed by atoms with Crippen molar-refractivity contribution in [3.63, 3.8) is 0 Å². The van der Waals surface area contributed by atoms with Crippen LogP contribution in [0.1, 0.15) is 26.7 Å². The molecule has 0 bridgehead atoms. The molecule has 6 nitrogen and oxygen atoms in total. The topological polar surface area (TPSA) is 80.1 Å². The molecule has 1 aliphatic rings. The second kappa shape index (κ2) is 5.86. The third kappa shape index (κ3) is 3.56. The number of pyridine rings is 1. The van der Waals surface area contributed by atoms with Crippen LogP contribution in [0.3, 0.4) is 0 Å². The van der Waals surface area contributed by atoms with E-state index in [1.165, 1.54) is 12.5 Å². The maximum atomic E-state index is 11.0. The Labute approximate surface area is 112 Å². The third-order valence-corrected chi connectivity index (χ3v) is 3.43. The molecular weight excluding hydrogens is 244 g/mol. The zero-order valence-corrected chi connectivity index (χ0v) is 11.3. The summed E-state index contributed by atoms with van der Waals surface area (Å²) in [5.41, 5.74) is 0.0374. The number of aromatic nitrogens is 1. The Bertz CT molecular complexity index is 464. The average molecular weight is 264 g/mol. The van der Waals surface area contributed by atoms with Gasteiger partial charge in [0.05, 0.1) is 4.92 Å². The molecule has 6 heteroatoms. The van der Waals surface area contributed by atoms with Crippen LogP contribution in [0.5, 0.6) is 0 Å². The van der Waals surface area contributed by atoms with Crippen LogP contribution in [-0.4, -0.2) is 23.0 Å². The van der Waals surface area contributed by atoms with E-state index in [0.29, 0.717) is 23.5 Å². The third-order valence-electron chi connectivity index (χ3n) is 3.43. The molecule has 2 N–H and O–H groups in total. The number of nitrogens with one attached hydrogen (secondary N) is 2. The summed E-state index contributed by atoms with van der Waals surface area (Å²) in [6, 6.07) is 3.16. The van der Waals surface area contributed by atoms with Gasteiger partial charge in [-0.25, -0.2) is 4.98 Å². The van der Waals surface area contributed by atoms with Gasteiger partial charge in [-0.3, -0.25) is 10.1 Å². The van der Waals surface area contributed by atoms with Gasteiger partial charge in [0.15, 0.2) is 0 Å². The average Bonchev–Trinajstić information content (AvgIpc) is 3.09. The Kier molecular flexibility index (Phi) is 4.19. The summed E-state index contributed by atoms with van der Waals surface area (Å²) < 4.78 is 0. The van der Waals surface area contributed by atoms with Gasteiger partial charge in [0.2, 0.25) is 5.82 Å². The second-order valence-corrected chi connectivity index (χ2v) is 5.10. The zero-order chi connectivity index (χ0) is 13.8.